The smallest absolute Gasteiger partial charge is 0.410 e. The van der Waals surface area contributed by atoms with Gasteiger partial charge in [-0.25, -0.2) is 4.79 Å². The van der Waals surface area contributed by atoms with E-state index in [0.717, 1.165) is 0 Å². The molecule has 2 N–H and O–H groups in total. The Hall–Kier alpha value is -0.980. The maximum Gasteiger partial charge on any atom is 0.410 e. The Bertz CT molecular complexity index is 326. The van der Waals surface area contributed by atoms with Crippen LogP contribution in [0.1, 0.15) is 33.6 Å². The standard InChI is InChI=1S/C12H21F3N2O2/c1-11(2,3)19-10(18)17-6-4-5-8(7-17)9(16)12(13,14)15/h8-9H,4-7,16H2,1-3H3/t8-,9-/m1/s1. The minimum Gasteiger partial charge on any atom is -0.444 e. The van der Waals surface area contributed by atoms with Crippen molar-refractivity contribution < 1.29 is 22.7 Å². The zero-order valence-electron chi connectivity index (χ0n) is 11.5. The van der Waals surface area contributed by atoms with Crippen LogP contribution >= 0.6 is 0 Å². The lowest BCUT2D eigenvalue weighted by molar-refractivity contribution is -0.162. The summed E-state index contributed by atoms with van der Waals surface area (Å²) in [7, 11) is 0. The van der Waals surface area contributed by atoms with Gasteiger partial charge in [-0.2, -0.15) is 13.2 Å². The SMILES string of the molecule is CC(C)(C)OC(=O)N1CCC[C@@H]([C@@H](N)C(F)(F)F)C1. The Morgan fingerprint density at radius 2 is 1.95 bits per heavy atom. The molecule has 1 rings (SSSR count). The molecule has 0 saturated carbocycles. The first-order chi connectivity index (χ1) is 8.50. The van der Waals surface area contributed by atoms with Gasteiger partial charge in [0.25, 0.3) is 0 Å². The maximum atomic E-state index is 12.6. The number of halogens is 3. The highest BCUT2D eigenvalue weighted by atomic mass is 19.4. The van der Waals surface area contributed by atoms with Crippen LogP contribution < -0.4 is 5.73 Å². The number of carbonyl (C=O) groups excluding carboxylic acids is 1. The maximum absolute atomic E-state index is 12.6. The minimum atomic E-state index is -4.43. The highest BCUT2D eigenvalue weighted by Crippen LogP contribution is 2.29. The first-order valence-corrected chi connectivity index (χ1v) is 6.31. The molecule has 112 valence electrons. The van der Waals surface area contributed by atoms with E-state index in [9.17, 15) is 18.0 Å². The highest BCUT2D eigenvalue weighted by molar-refractivity contribution is 5.68. The van der Waals surface area contributed by atoms with Crippen LogP contribution in [0.2, 0.25) is 0 Å². The predicted octanol–water partition coefficient (Wildman–Crippen LogP) is 2.52. The number of alkyl halides is 3. The number of carbonyl (C=O) groups is 1. The first-order valence-electron chi connectivity index (χ1n) is 6.31. The third-order valence-electron chi connectivity index (χ3n) is 3.00. The quantitative estimate of drug-likeness (QED) is 0.804. The topological polar surface area (TPSA) is 55.6 Å². The molecule has 4 nitrogen and oxygen atoms in total. The van der Waals surface area contributed by atoms with Gasteiger partial charge in [0.15, 0.2) is 0 Å². The number of hydrogen-bond acceptors (Lipinski definition) is 3. The summed E-state index contributed by atoms with van der Waals surface area (Å²) >= 11 is 0. The molecule has 1 saturated heterocycles. The van der Waals surface area contributed by atoms with Crippen LogP contribution in [0.15, 0.2) is 0 Å². The van der Waals surface area contributed by atoms with Gasteiger partial charge in [0.2, 0.25) is 0 Å². The van der Waals surface area contributed by atoms with Gasteiger partial charge in [0.1, 0.15) is 11.6 Å². The summed E-state index contributed by atoms with van der Waals surface area (Å²) in [6, 6.07) is -1.89. The van der Waals surface area contributed by atoms with E-state index < -0.39 is 29.8 Å². The van der Waals surface area contributed by atoms with Gasteiger partial charge in [-0.3, -0.25) is 0 Å². The van der Waals surface area contributed by atoms with E-state index in [1.165, 1.54) is 4.90 Å². The summed E-state index contributed by atoms with van der Waals surface area (Å²) in [5.74, 6) is -0.763. The Morgan fingerprint density at radius 3 is 2.42 bits per heavy atom. The summed E-state index contributed by atoms with van der Waals surface area (Å²) in [5, 5.41) is 0. The molecule has 1 aliphatic rings. The van der Waals surface area contributed by atoms with Crippen LogP contribution in [0, 0.1) is 5.92 Å². The second-order valence-corrected chi connectivity index (χ2v) is 5.90. The number of amides is 1. The highest BCUT2D eigenvalue weighted by Gasteiger charge is 2.44. The third kappa shape index (κ3) is 4.89. The number of ether oxygens (including phenoxy) is 1. The fourth-order valence-electron chi connectivity index (χ4n) is 2.06. The monoisotopic (exact) mass is 282 g/mol. The van der Waals surface area contributed by atoms with Crippen molar-refractivity contribution in [1.29, 1.82) is 0 Å². The fraction of sp³-hybridized carbons (Fsp3) is 0.917. The second kappa shape index (κ2) is 5.56. The van der Waals surface area contributed by atoms with Gasteiger partial charge in [0.05, 0.1) is 0 Å². The minimum absolute atomic E-state index is 0.00438. The molecule has 2 atom stereocenters. The lowest BCUT2D eigenvalue weighted by Gasteiger charge is -2.36. The first kappa shape index (κ1) is 16.1. The van der Waals surface area contributed by atoms with Crippen LogP contribution in [-0.4, -0.2) is 41.9 Å². The normalized spacial score (nSPS) is 23.1. The summed E-state index contributed by atoms with van der Waals surface area (Å²) in [6.07, 6.45) is -4.12. The van der Waals surface area contributed by atoms with E-state index in [4.69, 9.17) is 10.5 Å². The van der Waals surface area contributed by atoms with Crippen molar-refractivity contribution in [3.05, 3.63) is 0 Å². The van der Waals surface area contributed by atoms with Crippen LogP contribution in [0.4, 0.5) is 18.0 Å². The van der Waals surface area contributed by atoms with Gasteiger partial charge in [-0.1, -0.05) is 0 Å². The second-order valence-electron chi connectivity index (χ2n) is 5.90. The van der Waals surface area contributed by atoms with Crippen LogP contribution in [-0.2, 0) is 4.74 Å². The van der Waals surface area contributed by atoms with E-state index in [0.29, 0.717) is 19.4 Å². The molecule has 0 spiro atoms. The van der Waals surface area contributed by atoms with Crippen molar-refractivity contribution in [2.24, 2.45) is 11.7 Å². The number of nitrogens with two attached hydrogens (primary N) is 1. The molecule has 0 aromatic carbocycles. The molecular weight excluding hydrogens is 261 g/mol. The van der Waals surface area contributed by atoms with Gasteiger partial charge in [0, 0.05) is 19.0 Å². The largest absolute Gasteiger partial charge is 0.444 e. The van der Waals surface area contributed by atoms with Gasteiger partial charge < -0.3 is 15.4 Å². The van der Waals surface area contributed by atoms with Crippen molar-refractivity contribution in [2.75, 3.05) is 13.1 Å². The van der Waals surface area contributed by atoms with Gasteiger partial charge in [-0.05, 0) is 33.6 Å². The average molecular weight is 282 g/mol. The molecule has 0 unspecified atom stereocenters. The molecule has 0 aliphatic carbocycles. The van der Waals surface area contributed by atoms with E-state index >= 15 is 0 Å². The number of nitrogens with zero attached hydrogens (tertiary/aromatic N) is 1. The molecule has 0 radical (unpaired) electrons. The Kier molecular flexibility index (Phi) is 4.71. The number of piperidine rings is 1. The van der Waals surface area contributed by atoms with Crippen molar-refractivity contribution in [2.45, 2.75) is 51.4 Å². The molecule has 7 heteroatoms. The fourth-order valence-corrected chi connectivity index (χ4v) is 2.06. The summed E-state index contributed by atoms with van der Waals surface area (Å²) in [6.45, 7) is 5.56. The van der Waals surface area contributed by atoms with Gasteiger partial charge >= 0.3 is 12.3 Å². The molecule has 1 amide bonds. The van der Waals surface area contributed by atoms with Crippen LogP contribution in [0.3, 0.4) is 0 Å². The third-order valence-corrected chi connectivity index (χ3v) is 3.00. The van der Waals surface area contributed by atoms with E-state index in [-0.39, 0.29) is 6.54 Å². The number of rotatable bonds is 1. The summed E-state index contributed by atoms with van der Waals surface area (Å²) in [4.78, 5) is 13.1. The van der Waals surface area contributed by atoms with E-state index in [1.807, 2.05) is 0 Å². The predicted molar refractivity (Wildman–Crippen MR) is 64.6 cm³/mol. The molecule has 1 fully saturated rings. The zero-order chi connectivity index (χ0) is 14.8. The van der Waals surface area contributed by atoms with Crippen molar-refractivity contribution >= 4 is 6.09 Å². The Labute approximate surface area is 111 Å². The van der Waals surface area contributed by atoms with E-state index in [1.54, 1.807) is 20.8 Å². The van der Waals surface area contributed by atoms with Gasteiger partial charge in [-0.15, -0.1) is 0 Å². The Balaban J connectivity index is 2.62. The van der Waals surface area contributed by atoms with Crippen molar-refractivity contribution in [1.82, 2.24) is 4.90 Å². The molecule has 1 aliphatic heterocycles. The molecule has 0 aromatic rings. The van der Waals surface area contributed by atoms with Crippen molar-refractivity contribution in [3.63, 3.8) is 0 Å². The molecule has 1 heterocycles. The number of hydrogen-bond donors (Lipinski definition) is 1. The number of likely N-dealkylation sites (tertiary alicyclic amines) is 1. The zero-order valence-corrected chi connectivity index (χ0v) is 11.5. The molecular formula is C12H21F3N2O2. The lowest BCUT2D eigenvalue weighted by atomic mass is 9.91. The van der Waals surface area contributed by atoms with Crippen molar-refractivity contribution in [3.8, 4) is 0 Å². The van der Waals surface area contributed by atoms with Crippen LogP contribution in [0.5, 0.6) is 0 Å². The summed E-state index contributed by atoms with van der Waals surface area (Å²) in [5.41, 5.74) is 4.55. The van der Waals surface area contributed by atoms with E-state index in [2.05, 4.69) is 0 Å². The Morgan fingerprint density at radius 1 is 1.37 bits per heavy atom. The molecule has 19 heavy (non-hydrogen) atoms. The lowest BCUT2D eigenvalue weighted by Crippen LogP contribution is -2.52. The van der Waals surface area contributed by atoms with Crippen LogP contribution in [0.25, 0.3) is 0 Å². The molecule has 0 aromatic heterocycles. The summed E-state index contributed by atoms with van der Waals surface area (Å²) < 4.78 is 42.9. The molecule has 0 bridgehead atoms. The average Bonchev–Trinajstić information content (AvgIpc) is 2.24.